The monoisotopic (exact) mass is 302 g/mol. The van der Waals surface area contributed by atoms with Crippen LogP contribution in [0.4, 0.5) is 0 Å². The molecule has 7 heteroatoms. The second-order valence-corrected chi connectivity index (χ2v) is 5.10. The Balaban J connectivity index is 3.18. The normalized spacial score (nSPS) is 13.8. The fourth-order valence-electron chi connectivity index (χ4n) is 1.87. The number of carbonyl (C=O) groups excluding carboxylic acids is 1. The maximum atomic E-state index is 11.9. The third-order valence-corrected chi connectivity index (χ3v) is 3.66. The van der Waals surface area contributed by atoms with Gasteiger partial charge in [-0.25, -0.2) is 0 Å². The highest BCUT2D eigenvalue weighted by Gasteiger charge is 2.44. The van der Waals surface area contributed by atoms with Gasteiger partial charge in [-0.05, 0) is 20.3 Å². The molecule has 0 amide bonds. The number of esters is 1. The van der Waals surface area contributed by atoms with Gasteiger partial charge in [0.25, 0.3) is 0 Å². The maximum Gasteiger partial charge on any atom is 0.323 e. The van der Waals surface area contributed by atoms with E-state index in [-0.39, 0.29) is 13.0 Å². The summed E-state index contributed by atoms with van der Waals surface area (Å²) < 4.78 is 6.38. The lowest BCUT2D eigenvalue weighted by Crippen LogP contribution is -2.40. The highest BCUT2D eigenvalue weighted by Crippen LogP contribution is 2.30. The summed E-state index contributed by atoms with van der Waals surface area (Å²) in [4.78, 5) is 23.4. The SMILES string of the molecule is CCOC(=O)C(C)(Cc1c(Cl)c(CC)nn1C)C(=O)O. The Hall–Kier alpha value is -1.56. The highest BCUT2D eigenvalue weighted by atomic mass is 35.5. The summed E-state index contributed by atoms with van der Waals surface area (Å²) in [5.41, 5.74) is -0.486. The highest BCUT2D eigenvalue weighted by molar-refractivity contribution is 6.32. The second-order valence-electron chi connectivity index (χ2n) is 4.72. The summed E-state index contributed by atoms with van der Waals surface area (Å²) in [6.45, 7) is 5.00. The molecule has 0 saturated heterocycles. The molecule has 0 radical (unpaired) electrons. The lowest BCUT2D eigenvalue weighted by Gasteiger charge is -2.22. The number of halogens is 1. The third-order valence-electron chi connectivity index (χ3n) is 3.22. The minimum atomic E-state index is -1.68. The summed E-state index contributed by atoms with van der Waals surface area (Å²) >= 11 is 6.19. The summed E-state index contributed by atoms with van der Waals surface area (Å²) in [6.07, 6.45) is 0.569. The molecule has 1 atom stereocenters. The van der Waals surface area contributed by atoms with Crippen molar-refractivity contribution in [2.45, 2.75) is 33.6 Å². The van der Waals surface area contributed by atoms with E-state index in [2.05, 4.69) is 5.10 Å². The van der Waals surface area contributed by atoms with Crippen LogP contribution in [0, 0.1) is 5.41 Å². The van der Waals surface area contributed by atoms with E-state index in [4.69, 9.17) is 16.3 Å². The Morgan fingerprint density at radius 2 is 2.05 bits per heavy atom. The zero-order chi connectivity index (χ0) is 15.5. The molecule has 0 bridgehead atoms. The van der Waals surface area contributed by atoms with Crippen molar-refractivity contribution in [3.05, 3.63) is 16.4 Å². The first-order valence-corrected chi connectivity index (χ1v) is 6.76. The number of carboxylic acids is 1. The lowest BCUT2D eigenvalue weighted by molar-refractivity contribution is -0.167. The molecule has 6 nitrogen and oxygen atoms in total. The third kappa shape index (κ3) is 2.95. The zero-order valence-electron chi connectivity index (χ0n) is 12.1. The van der Waals surface area contributed by atoms with E-state index in [1.807, 2.05) is 6.92 Å². The molecule has 0 saturated carbocycles. The largest absolute Gasteiger partial charge is 0.480 e. The number of rotatable bonds is 6. The number of aryl methyl sites for hydroxylation is 2. The molecule has 0 aliphatic heterocycles. The minimum Gasteiger partial charge on any atom is -0.480 e. The number of hydrogen-bond donors (Lipinski definition) is 1. The predicted octanol–water partition coefficient (Wildman–Crippen LogP) is 1.83. The topological polar surface area (TPSA) is 81.4 Å². The van der Waals surface area contributed by atoms with Gasteiger partial charge in [0.05, 0.1) is 23.0 Å². The lowest BCUT2D eigenvalue weighted by atomic mass is 9.85. The van der Waals surface area contributed by atoms with E-state index in [0.29, 0.717) is 22.8 Å². The number of ether oxygens (including phenoxy) is 1. The fraction of sp³-hybridized carbons (Fsp3) is 0.615. The molecular formula is C13H19ClN2O4. The van der Waals surface area contributed by atoms with E-state index in [9.17, 15) is 14.7 Å². The summed E-state index contributed by atoms with van der Waals surface area (Å²) in [7, 11) is 1.67. The van der Waals surface area contributed by atoms with Crippen molar-refractivity contribution in [2.75, 3.05) is 6.61 Å². The predicted molar refractivity (Wildman–Crippen MR) is 73.7 cm³/mol. The van der Waals surface area contributed by atoms with Gasteiger partial charge in [-0.3, -0.25) is 14.3 Å². The molecule has 1 rings (SSSR count). The van der Waals surface area contributed by atoms with E-state index < -0.39 is 17.4 Å². The van der Waals surface area contributed by atoms with Crippen LogP contribution in [0.15, 0.2) is 0 Å². The smallest absolute Gasteiger partial charge is 0.323 e. The van der Waals surface area contributed by atoms with Gasteiger partial charge in [-0.1, -0.05) is 18.5 Å². The van der Waals surface area contributed by atoms with Crippen LogP contribution in [0.25, 0.3) is 0 Å². The molecule has 0 aliphatic carbocycles. The van der Waals surface area contributed by atoms with Gasteiger partial charge in [0, 0.05) is 13.5 Å². The van der Waals surface area contributed by atoms with E-state index in [1.54, 1.807) is 14.0 Å². The van der Waals surface area contributed by atoms with Crippen LogP contribution in [-0.2, 0) is 34.2 Å². The molecule has 0 spiro atoms. The van der Waals surface area contributed by atoms with Crippen LogP contribution in [0.2, 0.25) is 5.02 Å². The standard InChI is InChI=1S/C13H19ClN2O4/c1-5-8-10(14)9(16(4)15-8)7-13(3,11(17)18)12(19)20-6-2/h5-7H2,1-4H3,(H,17,18). The average molecular weight is 303 g/mol. The van der Waals surface area contributed by atoms with E-state index in [0.717, 1.165) is 0 Å². The number of carbonyl (C=O) groups is 2. The van der Waals surface area contributed by atoms with Gasteiger partial charge in [0.15, 0.2) is 5.41 Å². The number of carboxylic acid groups (broad SMARTS) is 1. The minimum absolute atomic E-state index is 0.0660. The number of aliphatic carboxylic acids is 1. The quantitative estimate of drug-likeness (QED) is 0.640. The number of aromatic nitrogens is 2. The molecule has 20 heavy (non-hydrogen) atoms. The van der Waals surface area contributed by atoms with Crippen molar-refractivity contribution in [2.24, 2.45) is 12.5 Å². The van der Waals surface area contributed by atoms with Gasteiger partial charge in [-0.15, -0.1) is 0 Å². The Morgan fingerprint density at radius 1 is 1.45 bits per heavy atom. The van der Waals surface area contributed by atoms with Crippen molar-refractivity contribution in [1.29, 1.82) is 0 Å². The molecule has 0 aliphatic rings. The molecule has 1 unspecified atom stereocenters. The van der Waals surface area contributed by atoms with Crippen LogP contribution >= 0.6 is 11.6 Å². The molecule has 0 aromatic carbocycles. The van der Waals surface area contributed by atoms with E-state index >= 15 is 0 Å². The van der Waals surface area contributed by atoms with Crippen molar-refractivity contribution < 1.29 is 19.4 Å². The number of hydrogen-bond acceptors (Lipinski definition) is 4. The average Bonchev–Trinajstić information content (AvgIpc) is 2.65. The fourth-order valence-corrected chi connectivity index (χ4v) is 2.23. The summed E-state index contributed by atoms with van der Waals surface area (Å²) in [5, 5.41) is 14.0. The zero-order valence-corrected chi connectivity index (χ0v) is 12.8. The molecular weight excluding hydrogens is 284 g/mol. The van der Waals surface area contributed by atoms with Crippen molar-refractivity contribution in [3.8, 4) is 0 Å². The number of nitrogens with zero attached hydrogens (tertiary/aromatic N) is 2. The molecule has 1 aromatic heterocycles. The Bertz CT molecular complexity index is 527. The van der Waals surface area contributed by atoms with Crippen molar-refractivity contribution in [1.82, 2.24) is 9.78 Å². The van der Waals surface area contributed by atoms with Gasteiger partial charge >= 0.3 is 11.9 Å². The molecule has 1 heterocycles. The van der Waals surface area contributed by atoms with Gasteiger partial charge in [-0.2, -0.15) is 5.10 Å². The van der Waals surface area contributed by atoms with Crippen LogP contribution in [0.1, 0.15) is 32.2 Å². The van der Waals surface area contributed by atoms with E-state index in [1.165, 1.54) is 11.6 Å². The van der Waals surface area contributed by atoms with Gasteiger partial charge < -0.3 is 9.84 Å². The first-order chi connectivity index (χ1) is 9.27. The molecule has 0 fully saturated rings. The second kappa shape index (κ2) is 6.26. The van der Waals surface area contributed by atoms with Crippen LogP contribution in [0.5, 0.6) is 0 Å². The van der Waals surface area contributed by atoms with Crippen LogP contribution in [-0.4, -0.2) is 33.4 Å². The molecule has 112 valence electrons. The van der Waals surface area contributed by atoms with Gasteiger partial charge in [0.1, 0.15) is 0 Å². The maximum absolute atomic E-state index is 11.9. The summed E-state index contributed by atoms with van der Waals surface area (Å²) in [5.74, 6) is -2.02. The van der Waals surface area contributed by atoms with Gasteiger partial charge in [0.2, 0.25) is 0 Å². The first kappa shape index (κ1) is 16.5. The van der Waals surface area contributed by atoms with Crippen LogP contribution < -0.4 is 0 Å². The first-order valence-electron chi connectivity index (χ1n) is 6.38. The van der Waals surface area contributed by atoms with Crippen molar-refractivity contribution in [3.63, 3.8) is 0 Å². The molecule has 1 aromatic rings. The Labute approximate surface area is 122 Å². The summed E-state index contributed by atoms with van der Waals surface area (Å²) in [6, 6.07) is 0. The van der Waals surface area contributed by atoms with Crippen molar-refractivity contribution >= 4 is 23.5 Å². The molecule has 1 N–H and O–H groups in total. The van der Waals surface area contributed by atoms with Crippen LogP contribution in [0.3, 0.4) is 0 Å². The Kier molecular flexibility index (Phi) is 5.16. The Morgan fingerprint density at radius 3 is 2.45 bits per heavy atom.